The maximum Gasteiger partial charge on any atom is 0.275 e. The van der Waals surface area contributed by atoms with E-state index in [-0.39, 0.29) is 28.5 Å². The normalized spacial score (nSPS) is 23.5. The van der Waals surface area contributed by atoms with Crippen LogP contribution in [0, 0.1) is 23.0 Å². The summed E-state index contributed by atoms with van der Waals surface area (Å²) in [5.41, 5.74) is 4.06. The van der Waals surface area contributed by atoms with Crippen LogP contribution < -0.4 is 10.1 Å². The Kier molecular flexibility index (Phi) is 3.71. The van der Waals surface area contributed by atoms with E-state index in [2.05, 4.69) is 48.7 Å². The van der Waals surface area contributed by atoms with Crippen LogP contribution in [0.2, 0.25) is 0 Å². The second-order valence-corrected chi connectivity index (χ2v) is 6.72. The number of benzene rings is 2. The Bertz CT molecular complexity index is 858. The Hall–Kier alpha value is -2.82. The second kappa shape index (κ2) is 5.92. The van der Waals surface area contributed by atoms with Gasteiger partial charge >= 0.3 is 0 Å². The summed E-state index contributed by atoms with van der Waals surface area (Å²) in [5, 5.41) is 15.1. The molecule has 25 heavy (non-hydrogen) atoms. The summed E-state index contributed by atoms with van der Waals surface area (Å²) < 4.78 is 5.49. The molecule has 2 aromatic rings. The van der Waals surface area contributed by atoms with Gasteiger partial charge in [0.05, 0.1) is 29.3 Å². The third kappa shape index (κ3) is 2.47. The van der Waals surface area contributed by atoms with Gasteiger partial charge in [0.25, 0.3) is 5.69 Å². The van der Waals surface area contributed by atoms with Gasteiger partial charge in [-0.15, -0.1) is 0 Å². The number of fused-ring (bicyclic) bond motifs is 3. The molecule has 0 aromatic heterocycles. The second-order valence-electron chi connectivity index (χ2n) is 6.72. The molecule has 0 bridgehead atoms. The molecule has 2 aromatic carbocycles. The molecule has 1 N–H and O–H groups in total. The van der Waals surface area contributed by atoms with Crippen molar-refractivity contribution in [3.63, 3.8) is 0 Å². The number of hydrogen-bond acceptors (Lipinski definition) is 4. The zero-order chi connectivity index (χ0) is 17.6. The first-order chi connectivity index (χ1) is 12.1. The minimum Gasteiger partial charge on any atom is -0.495 e. The largest absolute Gasteiger partial charge is 0.495 e. The van der Waals surface area contributed by atoms with Crippen LogP contribution in [0.15, 0.2) is 48.6 Å². The molecule has 128 valence electrons. The number of nitro benzene ring substituents is 1. The van der Waals surface area contributed by atoms with Crippen LogP contribution in [0.25, 0.3) is 0 Å². The highest BCUT2D eigenvalue weighted by molar-refractivity contribution is 5.73. The van der Waals surface area contributed by atoms with E-state index in [0.717, 1.165) is 17.7 Å². The van der Waals surface area contributed by atoms with Gasteiger partial charge in [-0.1, -0.05) is 42.0 Å². The zero-order valence-electron chi connectivity index (χ0n) is 14.2. The molecule has 0 spiro atoms. The third-order valence-corrected chi connectivity index (χ3v) is 5.31. The zero-order valence-corrected chi connectivity index (χ0v) is 14.2. The Morgan fingerprint density at radius 2 is 1.96 bits per heavy atom. The number of nitro groups is 1. The van der Waals surface area contributed by atoms with Gasteiger partial charge in [0.15, 0.2) is 0 Å². The van der Waals surface area contributed by atoms with Crippen molar-refractivity contribution in [3.8, 4) is 5.75 Å². The molecule has 0 saturated carbocycles. The van der Waals surface area contributed by atoms with E-state index in [0.29, 0.717) is 5.75 Å². The van der Waals surface area contributed by atoms with E-state index >= 15 is 0 Å². The third-order valence-electron chi connectivity index (χ3n) is 5.31. The van der Waals surface area contributed by atoms with E-state index < -0.39 is 0 Å². The lowest BCUT2D eigenvalue weighted by atomic mass is 9.76. The van der Waals surface area contributed by atoms with Crippen LogP contribution in [0.5, 0.6) is 5.75 Å². The van der Waals surface area contributed by atoms with Crippen LogP contribution in [0.3, 0.4) is 0 Å². The number of nitrogens with one attached hydrogen (secondary N) is 1. The molecule has 5 heteroatoms. The minimum absolute atomic E-state index is 0.0260. The number of ether oxygens (including phenoxy) is 1. The van der Waals surface area contributed by atoms with E-state index in [4.69, 9.17) is 4.74 Å². The molecular weight excluding hydrogens is 316 g/mol. The smallest absolute Gasteiger partial charge is 0.275 e. The SMILES string of the molecule is COc1ccc([N+](=O)[O-])c2c1N[C@H](c1ccc(C)cc1)[C@@H]1CC=C[C@@H]21. The summed E-state index contributed by atoms with van der Waals surface area (Å²) in [4.78, 5) is 11.3. The fourth-order valence-electron chi connectivity index (χ4n) is 4.10. The number of aryl methyl sites for hydroxylation is 1. The Balaban J connectivity index is 1.87. The lowest BCUT2D eigenvalue weighted by Gasteiger charge is -2.37. The lowest BCUT2D eigenvalue weighted by molar-refractivity contribution is -0.385. The molecule has 4 rings (SSSR count). The van der Waals surface area contributed by atoms with Gasteiger partial charge in [0, 0.05) is 12.0 Å². The fourth-order valence-corrected chi connectivity index (χ4v) is 4.10. The van der Waals surface area contributed by atoms with Crippen molar-refractivity contribution < 1.29 is 9.66 Å². The molecule has 0 saturated heterocycles. The van der Waals surface area contributed by atoms with Crippen LogP contribution >= 0.6 is 0 Å². The Morgan fingerprint density at radius 3 is 2.64 bits per heavy atom. The molecule has 2 aliphatic rings. The number of rotatable bonds is 3. The van der Waals surface area contributed by atoms with Crippen molar-refractivity contribution >= 4 is 11.4 Å². The topological polar surface area (TPSA) is 64.4 Å². The number of methoxy groups -OCH3 is 1. The van der Waals surface area contributed by atoms with E-state index in [1.54, 1.807) is 19.2 Å². The maximum absolute atomic E-state index is 11.6. The summed E-state index contributed by atoms with van der Waals surface area (Å²) in [6, 6.07) is 11.8. The molecule has 0 unspecified atom stereocenters. The number of allylic oxidation sites excluding steroid dienone is 2. The first-order valence-corrected chi connectivity index (χ1v) is 8.45. The van der Waals surface area contributed by atoms with Crippen LogP contribution in [0.1, 0.15) is 35.1 Å². The highest BCUT2D eigenvalue weighted by atomic mass is 16.6. The van der Waals surface area contributed by atoms with Crippen molar-refractivity contribution in [1.29, 1.82) is 0 Å². The summed E-state index contributed by atoms with van der Waals surface area (Å²) in [6.07, 6.45) is 5.15. The van der Waals surface area contributed by atoms with Gasteiger partial charge in [-0.3, -0.25) is 10.1 Å². The molecular formula is C20H20N2O3. The summed E-state index contributed by atoms with van der Waals surface area (Å²) in [7, 11) is 1.60. The Morgan fingerprint density at radius 1 is 1.20 bits per heavy atom. The van der Waals surface area contributed by atoms with Crippen molar-refractivity contribution in [2.24, 2.45) is 5.92 Å². The van der Waals surface area contributed by atoms with Crippen molar-refractivity contribution in [2.75, 3.05) is 12.4 Å². The molecule has 3 atom stereocenters. The molecule has 1 aliphatic carbocycles. The fraction of sp³-hybridized carbons (Fsp3) is 0.300. The first kappa shape index (κ1) is 15.7. The number of nitrogens with zero attached hydrogens (tertiary/aromatic N) is 1. The van der Waals surface area contributed by atoms with Gasteiger partial charge in [-0.25, -0.2) is 0 Å². The highest BCUT2D eigenvalue weighted by Gasteiger charge is 2.42. The number of anilines is 1. The van der Waals surface area contributed by atoms with Crippen LogP contribution in [-0.4, -0.2) is 12.0 Å². The molecule has 0 radical (unpaired) electrons. The average Bonchev–Trinajstić information content (AvgIpc) is 3.10. The lowest BCUT2D eigenvalue weighted by Crippen LogP contribution is -2.30. The van der Waals surface area contributed by atoms with Crippen LogP contribution in [0.4, 0.5) is 11.4 Å². The van der Waals surface area contributed by atoms with E-state index in [9.17, 15) is 10.1 Å². The molecule has 1 heterocycles. The van der Waals surface area contributed by atoms with Gasteiger partial charge < -0.3 is 10.1 Å². The van der Waals surface area contributed by atoms with E-state index in [1.807, 2.05) is 0 Å². The predicted octanol–water partition coefficient (Wildman–Crippen LogP) is 4.74. The highest BCUT2D eigenvalue weighted by Crippen LogP contribution is 2.54. The monoisotopic (exact) mass is 336 g/mol. The standard InChI is InChI=1S/C20H20N2O3/c1-12-6-8-13(9-7-12)19-15-5-3-4-14(15)18-16(22(23)24)10-11-17(25-2)20(18)21-19/h3-4,6-11,14-15,19,21H,5H2,1-2H3/t14-,15-,19-/m1/s1. The van der Waals surface area contributed by atoms with Gasteiger partial charge in [0.1, 0.15) is 5.75 Å². The van der Waals surface area contributed by atoms with Crippen LogP contribution in [-0.2, 0) is 0 Å². The Labute approximate surface area is 146 Å². The molecule has 5 nitrogen and oxygen atoms in total. The average molecular weight is 336 g/mol. The molecule has 0 amide bonds. The first-order valence-electron chi connectivity index (χ1n) is 8.45. The quantitative estimate of drug-likeness (QED) is 0.499. The molecule has 0 fully saturated rings. The van der Waals surface area contributed by atoms with E-state index in [1.165, 1.54) is 11.1 Å². The summed E-state index contributed by atoms with van der Waals surface area (Å²) >= 11 is 0. The predicted molar refractivity (Wildman–Crippen MR) is 97.2 cm³/mol. The summed E-state index contributed by atoms with van der Waals surface area (Å²) in [5.74, 6) is 0.940. The van der Waals surface area contributed by atoms with Crippen molar-refractivity contribution in [2.45, 2.75) is 25.3 Å². The maximum atomic E-state index is 11.6. The summed E-state index contributed by atoms with van der Waals surface area (Å²) in [6.45, 7) is 2.07. The van der Waals surface area contributed by atoms with Gasteiger partial charge in [-0.2, -0.15) is 0 Å². The van der Waals surface area contributed by atoms with Crippen molar-refractivity contribution in [3.05, 3.63) is 75.4 Å². The van der Waals surface area contributed by atoms with Gasteiger partial charge in [-0.05, 0) is 30.9 Å². The van der Waals surface area contributed by atoms with Gasteiger partial charge in [0.2, 0.25) is 0 Å². The van der Waals surface area contributed by atoms with Crippen molar-refractivity contribution in [1.82, 2.24) is 0 Å². The molecule has 1 aliphatic heterocycles. The number of hydrogen-bond donors (Lipinski definition) is 1. The minimum atomic E-state index is -0.296.